The van der Waals surface area contributed by atoms with Crippen LogP contribution in [0.3, 0.4) is 0 Å². The van der Waals surface area contributed by atoms with Gasteiger partial charge in [0, 0.05) is 5.92 Å². The first-order chi connectivity index (χ1) is 5.46. The van der Waals surface area contributed by atoms with Crippen molar-refractivity contribution in [2.45, 2.75) is 27.2 Å². The molecule has 3 rings (SSSR count). The molecule has 0 aromatic carbocycles. The highest BCUT2D eigenvalue weighted by Crippen LogP contribution is 2.61. The van der Waals surface area contributed by atoms with E-state index in [9.17, 15) is 4.79 Å². The molecule has 0 aromatic heterocycles. The number of allylic oxidation sites excluding steroid dienone is 1. The number of fused-ring (bicyclic) bond motifs is 2. The average molecular weight is 164 g/mol. The number of hydrogen-bond donors (Lipinski definition) is 0. The van der Waals surface area contributed by atoms with E-state index in [0.29, 0.717) is 23.0 Å². The van der Waals surface area contributed by atoms with Gasteiger partial charge >= 0.3 is 0 Å². The molecule has 3 saturated carbocycles. The average Bonchev–Trinajstić information content (AvgIpc) is 1.98. The normalized spacial score (nSPS) is 44.1. The van der Waals surface area contributed by atoms with E-state index in [1.807, 2.05) is 0 Å². The lowest BCUT2D eigenvalue weighted by Crippen LogP contribution is -2.56. The number of Topliss-reactive ketones (excluding diaryl/α,β-unsaturated/α-hetero) is 1. The molecule has 12 heavy (non-hydrogen) atoms. The lowest BCUT2D eigenvalue weighted by molar-refractivity contribution is -0.139. The fourth-order valence-electron chi connectivity index (χ4n) is 3.05. The van der Waals surface area contributed by atoms with E-state index in [2.05, 4.69) is 27.4 Å². The molecule has 1 heteroatoms. The fraction of sp³-hybridized carbons (Fsp3) is 0.727. The molecule has 0 spiro atoms. The van der Waals surface area contributed by atoms with Crippen LogP contribution in [0.25, 0.3) is 0 Å². The lowest BCUT2D eigenvalue weighted by Gasteiger charge is -2.59. The number of ketones is 1. The summed E-state index contributed by atoms with van der Waals surface area (Å²) in [6, 6.07) is 0. The Morgan fingerprint density at radius 1 is 1.50 bits per heavy atom. The van der Waals surface area contributed by atoms with Crippen LogP contribution in [0.2, 0.25) is 0 Å². The fourth-order valence-corrected chi connectivity index (χ4v) is 3.05. The Kier molecular flexibility index (Phi) is 1.35. The second-order valence-electron chi connectivity index (χ2n) is 4.89. The van der Waals surface area contributed by atoms with E-state index in [1.54, 1.807) is 0 Å². The largest absolute Gasteiger partial charge is 0.294 e. The van der Waals surface area contributed by atoms with Crippen molar-refractivity contribution in [1.82, 2.24) is 0 Å². The van der Waals surface area contributed by atoms with Crippen LogP contribution in [0.5, 0.6) is 0 Å². The molecule has 2 bridgehead atoms. The minimum absolute atomic E-state index is 0.220. The summed E-state index contributed by atoms with van der Waals surface area (Å²) in [5.41, 5.74) is 1.22. The maximum absolute atomic E-state index is 11.6. The Bertz CT molecular complexity index is 262. The maximum atomic E-state index is 11.6. The zero-order valence-corrected chi connectivity index (χ0v) is 8.05. The Morgan fingerprint density at radius 2 is 2.08 bits per heavy atom. The number of rotatable bonds is 0. The Morgan fingerprint density at radius 3 is 2.50 bits per heavy atom. The van der Waals surface area contributed by atoms with Crippen LogP contribution in [-0.4, -0.2) is 5.78 Å². The van der Waals surface area contributed by atoms with Crippen molar-refractivity contribution in [3.63, 3.8) is 0 Å². The summed E-state index contributed by atoms with van der Waals surface area (Å²) in [6.45, 7) is 10.5. The quantitative estimate of drug-likeness (QED) is 0.502. The van der Waals surface area contributed by atoms with Crippen LogP contribution in [0.4, 0.5) is 0 Å². The van der Waals surface area contributed by atoms with E-state index in [-0.39, 0.29) is 5.92 Å². The number of carbonyl (C=O) groups is 1. The molecule has 3 aliphatic carbocycles. The van der Waals surface area contributed by atoms with E-state index in [1.165, 1.54) is 6.42 Å². The molecule has 0 aromatic rings. The van der Waals surface area contributed by atoms with Crippen LogP contribution in [0.1, 0.15) is 27.2 Å². The highest BCUT2D eigenvalue weighted by atomic mass is 16.1. The lowest BCUT2D eigenvalue weighted by atomic mass is 9.44. The molecule has 3 atom stereocenters. The van der Waals surface area contributed by atoms with Gasteiger partial charge in [0.25, 0.3) is 0 Å². The molecular weight excluding hydrogens is 148 g/mol. The molecule has 66 valence electrons. The first-order valence-corrected chi connectivity index (χ1v) is 4.69. The monoisotopic (exact) mass is 164 g/mol. The molecule has 0 heterocycles. The standard InChI is InChI=1S/C11H16O/c1-6-8-5-9(11(8,3)4)7(2)10(6)12/h7-9H,1,5H2,2-4H3/t7-,8-,9+/m1/s1. The van der Waals surface area contributed by atoms with Crippen molar-refractivity contribution in [3.05, 3.63) is 12.2 Å². The smallest absolute Gasteiger partial charge is 0.161 e. The van der Waals surface area contributed by atoms with Gasteiger partial charge in [-0.15, -0.1) is 0 Å². The van der Waals surface area contributed by atoms with Crippen LogP contribution >= 0.6 is 0 Å². The first-order valence-electron chi connectivity index (χ1n) is 4.69. The molecule has 0 radical (unpaired) electrons. The molecule has 0 aliphatic heterocycles. The van der Waals surface area contributed by atoms with Crippen LogP contribution in [-0.2, 0) is 4.79 Å². The van der Waals surface area contributed by atoms with Gasteiger partial charge in [0.05, 0.1) is 0 Å². The van der Waals surface area contributed by atoms with Gasteiger partial charge in [-0.25, -0.2) is 0 Å². The highest BCUT2D eigenvalue weighted by Gasteiger charge is 2.57. The first kappa shape index (κ1) is 8.03. The maximum Gasteiger partial charge on any atom is 0.161 e. The van der Waals surface area contributed by atoms with E-state index in [0.717, 1.165) is 5.57 Å². The van der Waals surface area contributed by atoms with Crippen molar-refractivity contribution < 1.29 is 4.79 Å². The summed E-state index contributed by atoms with van der Waals surface area (Å²) in [5.74, 6) is 1.62. The van der Waals surface area contributed by atoms with Gasteiger partial charge in [-0.3, -0.25) is 4.79 Å². The van der Waals surface area contributed by atoms with Gasteiger partial charge in [-0.2, -0.15) is 0 Å². The van der Waals surface area contributed by atoms with Crippen LogP contribution in [0, 0.1) is 23.2 Å². The molecule has 3 fully saturated rings. The second-order valence-corrected chi connectivity index (χ2v) is 4.89. The summed E-state index contributed by atoms with van der Waals surface area (Å²) in [6.07, 6.45) is 1.19. The van der Waals surface area contributed by atoms with E-state index < -0.39 is 0 Å². The van der Waals surface area contributed by atoms with Gasteiger partial charge in [-0.05, 0) is 29.2 Å². The Balaban J connectivity index is 2.36. The zero-order chi connectivity index (χ0) is 9.09. The molecule has 0 N–H and O–H groups in total. The highest BCUT2D eigenvalue weighted by molar-refractivity contribution is 5.99. The number of hydrogen-bond acceptors (Lipinski definition) is 1. The Labute approximate surface area is 73.8 Å². The van der Waals surface area contributed by atoms with Crippen molar-refractivity contribution in [3.8, 4) is 0 Å². The predicted octanol–water partition coefficient (Wildman–Crippen LogP) is 2.42. The topological polar surface area (TPSA) is 17.1 Å². The summed E-state index contributed by atoms with van der Waals surface area (Å²) < 4.78 is 0. The second kappa shape index (κ2) is 2.01. The summed E-state index contributed by atoms with van der Waals surface area (Å²) in [4.78, 5) is 11.6. The molecule has 0 saturated heterocycles. The molecule has 3 aliphatic rings. The van der Waals surface area contributed by atoms with Crippen LogP contribution < -0.4 is 0 Å². The van der Waals surface area contributed by atoms with Crippen molar-refractivity contribution in [1.29, 1.82) is 0 Å². The summed E-state index contributed by atoms with van der Waals surface area (Å²) in [5, 5.41) is 0. The van der Waals surface area contributed by atoms with Crippen molar-refractivity contribution >= 4 is 5.78 Å². The van der Waals surface area contributed by atoms with Crippen LogP contribution in [0.15, 0.2) is 12.2 Å². The summed E-state index contributed by atoms with van der Waals surface area (Å²) >= 11 is 0. The minimum Gasteiger partial charge on any atom is -0.294 e. The van der Waals surface area contributed by atoms with Gasteiger partial charge < -0.3 is 0 Å². The molecule has 0 unspecified atom stereocenters. The molecular formula is C11H16O. The third kappa shape index (κ3) is 0.675. The predicted molar refractivity (Wildman–Crippen MR) is 48.7 cm³/mol. The van der Waals surface area contributed by atoms with Gasteiger partial charge in [0.2, 0.25) is 0 Å². The SMILES string of the molecule is C=C1C(=O)[C@H](C)[C@@H]2C[C@H]1C2(C)C. The molecule has 1 nitrogen and oxygen atoms in total. The summed E-state index contributed by atoms with van der Waals surface area (Å²) in [7, 11) is 0. The van der Waals surface area contributed by atoms with Crippen molar-refractivity contribution in [2.24, 2.45) is 23.2 Å². The number of carbonyl (C=O) groups excluding carboxylic acids is 1. The van der Waals surface area contributed by atoms with Gasteiger partial charge in [-0.1, -0.05) is 27.4 Å². The van der Waals surface area contributed by atoms with Crippen molar-refractivity contribution in [2.75, 3.05) is 0 Å². The third-order valence-electron chi connectivity index (χ3n) is 4.10. The molecule has 0 amide bonds. The van der Waals surface area contributed by atoms with E-state index >= 15 is 0 Å². The zero-order valence-electron chi connectivity index (χ0n) is 8.05. The minimum atomic E-state index is 0.220. The van der Waals surface area contributed by atoms with Gasteiger partial charge in [0.1, 0.15) is 0 Å². The third-order valence-corrected chi connectivity index (χ3v) is 4.10. The van der Waals surface area contributed by atoms with Gasteiger partial charge in [0.15, 0.2) is 5.78 Å². The Hall–Kier alpha value is -0.590. The van der Waals surface area contributed by atoms with E-state index in [4.69, 9.17) is 0 Å².